The highest BCUT2D eigenvalue weighted by molar-refractivity contribution is 7.17. The Morgan fingerprint density at radius 2 is 1.68 bits per heavy atom. The molecule has 3 aromatic rings. The van der Waals surface area contributed by atoms with Crippen LogP contribution in [-0.2, 0) is 0 Å². The number of hydrogen-bond acceptors (Lipinski definition) is 5. The number of methoxy groups -OCH3 is 3. The highest BCUT2D eigenvalue weighted by Crippen LogP contribution is 2.38. The minimum Gasteiger partial charge on any atom is -0.493 e. The Hall–Kier alpha value is -2.79. The van der Waals surface area contributed by atoms with Gasteiger partial charge in [0.15, 0.2) is 17.3 Å². The Balaban J connectivity index is 1.93. The number of ketones is 1. The predicted octanol–water partition coefficient (Wildman–Crippen LogP) is 4.82. The van der Waals surface area contributed by atoms with Crippen molar-refractivity contribution in [2.45, 2.75) is 0 Å². The molecular weight excluding hydrogens is 336 g/mol. The molecule has 0 radical (unpaired) electrons. The fourth-order valence-corrected chi connectivity index (χ4v) is 3.54. The van der Waals surface area contributed by atoms with Gasteiger partial charge >= 0.3 is 0 Å². The average molecular weight is 354 g/mol. The monoisotopic (exact) mass is 354 g/mol. The fraction of sp³-hybridized carbons (Fsp3) is 0.150. The fourth-order valence-electron chi connectivity index (χ4n) is 2.61. The van der Waals surface area contributed by atoms with Crippen molar-refractivity contribution in [3.63, 3.8) is 0 Å². The van der Waals surface area contributed by atoms with Crippen LogP contribution < -0.4 is 14.2 Å². The molecule has 2 aromatic carbocycles. The van der Waals surface area contributed by atoms with Gasteiger partial charge in [0.1, 0.15) is 0 Å². The Bertz CT molecular complexity index is 915. The van der Waals surface area contributed by atoms with E-state index < -0.39 is 0 Å². The van der Waals surface area contributed by atoms with E-state index in [0.29, 0.717) is 22.8 Å². The van der Waals surface area contributed by atoms with Crippen LogP contribution in [0.2, 0.25) is 0 Å². The zero-order chi connectivity index (χ0) is 17.8. The van der Waals surface area contributed by atoms with Crippen molar-refractivity contribution in [3.8, 4) is 17.2 Å². The minimum absolute atomic E-state index is 0.130. The van der Waals surface area contributed by atoms with Crippen LogP contribution in [0.15, 0.2) is 47.9 Å². The van der Waals surface area contributed by atoms with E-state index in [1.165, 1.54) is 26.0 Å². The molecule has 4 nitrogen and oxygen atoms in total. The summed E-state index contributed by atoms with van der Waals surface area (Å²) in [7, 11) is 4.58. The van der Waals surface area contributed by atoms with E-state index in [-0.39, 0.29) is 5.78 Å². The summed E-state index contributed by atoms with van der Waals surface area (Å²) in [5, 5.41) is 3.19. The number of benzene rings is 2. The number of ether oxygens (including phenoxy) is 3. The molecule has 0 saturated carbocycles. The van der Waals surface area contributed by atoms with E-state index >= 15 is 0 Å². The van der Waals surface area contributed by atoms with Gasteiger partial charge in [0.25, 0.3) is 0 Å². The van der Waals surface area contributed by atoms with E-state index in [0.717, 1.165) is 10.9 Å². The second kappa shape index (κ2) is 7.40. The predicted molar refractivity (Wildman–Crippen MR) is 101 cm³/mol. The van der Waals surface area contributed by atoms with Crippen LogP contribution in [0.4, 0.5) is 0 Å². The molecule has 3 rings (SSSR count). The second-order valence-electron chi connectivity index (χ2n) is 5.30. The van der Waals surface area contributed by atoms with Crippen molar-refractivity contribution in [1.29, 1.82) is 0 Å². The first-order chi connectivity index (χ1) is 12.2. The molecule has 0 aliphatic rings. The maximum atomic E-state index is 12.6. The lowest BCUT2D eigenvalue weighted by molar-refractivity contribution is 0.104. The van der Waals surface area contributed by atoms with Gasteiger partial charge in [-0.3, -0.25) is 4.79 Å². The van der Waals surface area contributed by atoms with Gasteiger partial charge in [0.2, 0.25) is 5.75 Å². The second-order valence-corrected chi connectivity index (χ2v) is 6.21. The first kappa shape index (κ1) is 17.0. The maximum absolute atomic E-state index is 12.6. The van der Waals surface area contributed by atoms with Crippen LogP contribution in [0.5, 0.6) is 17.2 Å². The van der Waals surface area contributed by atoms with E-state index in [2.05, 4.69) is 12.1 Å². The minimum atomic E-state index is -0.130. The zero-order valence-electron chi connectivity index (χ0n) is 14.2. The lowest BCUT2D eigenvalue weighted by Crippen LogP contribution is -2.00. The van der Waals surface area contributed by atoms with Crippen LogP contribution in [0.25, 0.3) is 16.2 Å². The zero-order valence-corrected chi connectivity index (χ0v) is 15.1. The number of allylic oxidation sites excluding steroid dienone is 1. The Kier molecular flexibility index (Phi) is 5.05. The van der Waals surface area contributed by atoms with Gasteiger partial charge in [0.05, 0.1) is 21.3 Å². The van der Waals surface area contributed by atoms with Crippen molar-refractivity contribution in [3.05, 3.63) is 59.0 Å². The summed E-state index contributed by atoms with van der Waals surface area (Å²) in [5.74, 6) is 1.25. The third kappa shape index (κ3) is 3.37. The van der Waals surface area contributed by atoms with Crippen LogP contribution in [0.1, 0.15) is 15.9 Å². The molecule has 0 spiro atoms. The van der Waals surface area contributed by atoms with E-state index in [9.17, 15) is 4.79 Å². The van der Waals surface area contributed by atoms with Gasteiger partial charge in [0, 0.05) is 10.3 Å². The van der Waals surface area contributed by atoms with Crippen molar-refractivity contribution in [2.75, 3.05) is 21.3 Å². The van der Waals surface area contributed by atoms with Gasteiger partial charge in [-0.2, -0.15) is 0 Å². The summed E-state index contributed by atoms with van der Waals surface area (Å²) in [6.45, 7) is 0. The number of fused-ring (bicyclic) bond motifs is 1. The van der Waals surface area contributed by atoms with Crippen molar-refractivity contribution < 1.29 is 19.0 Å². The third-order valence-electron chi connectivity index (χ3n) is 3.87. The molecule has 0 N–H and O–H groups in total. The lowest BCUT2D eigenvalue weighted by atomic mass is 10.1. The van der Waals surface area contributed by atoms with Gasteiger partial charge in [-0.05, 0) is 46.7 Å². The molecule has 1 aromatic heterocycles. The molecule has 0 bridgehead atoms. The van der Waals surface area contributed by atoms with Gasteiger partial charge in [-0.25, -0.2) is 0 Å². The molecule has 0 unspecified atom stereocenters. The summed E-state index contributed by atoms with van der Waals surface area (Å²) >= 11 is 1.66. The first-order valence-corrected chi connectivity index (χ1v) is 8.54. The summed E-state index contributed by atoms with van der Waals surface area (Å²) < 4.78 is 17.1. The lowest BCUT2D eigenvalue weighted by Gasteiger charge is -2.13. The summed E-state index contributed by atoms with van der Waals surface area (Å²) in [5.41, 5.74) is 1.51. The Morgan fingerprint density at radius 1 is 1.00 bits per heavy atom. The molecule has 0 fully saturated rings. The molecule has 128 valence electrons. The van der Waals surface area contributed by atoms with Gasteiger partial charge in [-0.15, -0.1) is 11.3 Å². The maximum Gasteiger partial charge on any atom is 0.203 e. The summed E-state index contributed by atoms with van der Waals surface area (Å²) in [6.07, 6.45) is 3.40. The molecule has 0 aliphatic carbocycles. The molecule has 25 heavy (non-hydrogen) atoms. The van der Waals surface area contributed by atoms with Gasteiger partial charge < -0.3 is 14.2 Å². The average Bonchev–Trinajstić information content (AvgIpc) is 3.07. The normalized spacial score (nSPS) is 11.0. The van der Waals surface area contributed by atoms with Crippen LogP contribution in [0, 0.1) is 0 Å². The largest absolute Gasteiger partial charge is 0.493 e. The van der Waals surface area contributed by atoms with Crippen molar-refractivity contribution in [1.82, 2.24) is 0 Å². The van der Waals surface area contributed by atoms with Crippen LogP contribution in [0.3, 0.4) is 0 Å². The van der Waals surface area contributed by atoms with E-state index in [1.807, 2.05) is 23.6 Å². The molecule has 0 saturated heterocycles. The standard InChI is InChI=1S/C20H18O4S/c1-22-17-10-14(11-18(23-2)20(17)24-3)16(21)9-8-13-12-25-19-7-5-4-6-15(13)19/h4-12H,1-3H3/b9-8+. The molecular formula is C20H18O4S. The number of hydrogen-bond donors (Lipinski definition) is 0. The van der Waals surface area contributed by atoms with E-state index in [4.69, 9.17) is 14.2 Å². The number of carbonyl (C=O) groups is 1. The van der Waals surface area contributed by atoms with Crippen LogP contribution in [-0.4, -0.2) is 27.1 Å². The van der Waals surface area contributed by atoms with Crippen molar-refractivity contribution in [2.24, 2.45) is 0 Å². The third-order valence-corrected chi connectivity index (χ3v) is 4.86. The molecule has 0 aliphatic heterocycles. The smallest absolute Gasteiger partial charge is 0.203 e. The first-order valence-electron chi connectivity index (χ1n) is 7.66. The van der Waals surface area contributed by atoms with Crippen LogP contribution >= 0.6 is 11.3 Å². The highest BCUT2D eigenvalue weighted by atomic mass is 32.1. The molecule has 0 atom stereocenters. The molecule has 5 heteroatoms. The summed E-state index contributed by atoms with van der Waals surface area (Å²) in [4.78, 5) is 12.6. The van der Waals surface area contributed by atoms with Crippen molar-refractivity contribution >= 4 is 33.3 Å². The number of rotatable bonds is 6. The topological polar surface area (TPSA) is 44.8 Å². The number of carbonyl (C=O) groups excluding carboxylic acids is 1. The SMILES string of the molecule is COc1cc(C(=O)/C=C/c2csc3ccccc23)cc(OC)c1OC. The Morgan fingerprint density at radius 3 is 2.32 bits per heavy atom. The van der Waals surface area contributed by atoms with E-state index in [1.54, 1.807) is 29.5 Å². The van der Waals surface area contributed by atoms with Gasteiger partial charge in [-0.1, -0.05) is 18.2 Å². The number of thiophene rings is 1. The highest BCUT2D eigenvalue weighted by Gasteiger charge is 2.15. The molecule has 1 heterocycles. The quantitative estimate of drug-likeness (QED) is 0.470. The molecule has 0 amide bonds. The summed E-state index contributed by atoms with van der Waals surface area (Å²) in [6, 6.07) is 11.4. The Labute approximate surface area is 150 Å².